The summed E-state index contributed by atoms with van der Waals surface area (Å²) >= 11 is 13.5. The van der Waals surface area contributed by atoms with Crippen LogP contribution < -0.4 is 9.64 Å². The molecule has 9 nitrogen and oxygen atoms in total. The van der Waals surface area contributed by atoms with E-state index < -0.39 is 0 Å². The van der Waals surface area contributed by atoms with Crippen LogP contribution in [0.4, 0.5) is 5.69 Å². The maximum Gasteiger partial charge on any atom is 0.275 e. The van der Waals surface area contributed by atoms with Crippen molar-refractivity contribution in [3.05, 3.63) is 104 Å². The average Bonchev–Trinajstić information content (AvgIpc) is 3.70. The minimum atomic E-state index is -0.188. The van der Waals surface area contributed by atoms with Crippen molar-refractivity contribution in [3.8, 4) is 16.9 Å². The van der Waals surface area contributed by atoms with E-state index in [-0.39, 0.29) is 17.7 Å². The number of carbonyl (C=O) groups is 2. The van der Waals surface area contributed by atoms with Crippen LogP contribution in [0.5, 0.6) is 5.75 Å². The molecule has 3 aromatic heterocycles. The zero-order valence-electron chi connectivity index (χ0n) is 30.4. The molecule has 1 N–H and O–H groups in total. The number of carbonyl (C=O) groups excluding carboxylic acids is 2. The summed E-state index contributed by atoms with van der Waals surface area (Å²) in [5.74, 6) is 0.438. The summed E-state index contributed by atoms with van der Waals surface area (Å²) in [7, 11) is 3.72. The van der Waals surface area contributed by atoms with Gasteiger partial charge in [-0.1, -0.05) is 35.8 Å². The number of amides is 1. The first-order valence-electron chi connectivity index (χ1n) is 17.3. The Bertz CT molecular complexity index is 2460. The summed E-state index contributed by atoms with van der Waals surface area (Å²) in [6.07, 6.45) is 1.99. The van der Waals surface area contributed by atoms with Crippen molar-refractivity contribution in [1.29, 1.82) is 0 Å². The second-order valence-corrected chi connectivity index (χ2v) is 14.7. The SMILES string of the molecule is C=C(O)c1cc(N2C[C@@H](C)n3c(c(CCCOc4cc(C)c(Cl)c(C)c4)c4ccc(Cl)c(-c5c(C)nn(C)c5C)c43)C2=O)c2c(c1)cc(C=O)n2C. The van der Waals surface area contributed by atoms with Crippen LogP contribution in [0.15, 0.2) is 49.0 Å². The lowest BCUT2D eigenvalue weighted by molar-refractivity contribution is 0.0957. The summed E-state index contributed by atoms with van der Waals surface area (Å²) < 4.78 is 12.0. The van der Waals surface area contributed by atoms with Gasteiger partial charge in [0.25, 0.3) is 5.91 Å². The fourth-order valence-electron chi connectivity index (χ4n) is 7.92. The Kier molecular flexibility index (Phi) is 8.99. The number of halogens is 2. The summed E-state index contributed by atoms with van der Waals surface area (Å²) in [4.78, 5) is 28.9. The fourth-order valence-corrected chi connectivity index (χ4v) is 8.28. The Morgan fingerprint density at radius 3 is 2.38 bits per heavy atom. The third kappa shape index (κ3) is 5.58. The van der Waals surface area contributed by atoms with Crippen molar-refractivity contribution in [2.45, 2.75) is 53.5 Å². The van der Waals surface area contributed by atoms with Crippen LogP contribution in [0, 0.1) is 27.7 Å². The lowest BCUT2D eigenvalue weighted by atomic mass is 9.98. The highest BCUT2D eigenvalue weighted by Gasteiger charge is 2.38. The number of rotatable bonds is 9. The molecule has 1 aliphatic heterocycles. The van der Waals surface area contributed by atoms with Gasteiger partial charge in [0.2, 0.25) is 0 Å². The number of anilines is 1. The van der Waals surface area contributed by atoms with Crippen molar-refractivity contribution in [2.24, 2.45) is 14.1 Å². The van der Waals surface area contributed by atoms with Gasteiger partial charge in [-0.05, 0) is 101 Å². The predicted molar refractivity (Wildman–Crippen MR) is 210 cm³/mol. The largest absolute Gasteiger partial charge is 0.508 e. The molecular formula is C41H41Cl2N5O4. The topological polar surface area (TPSA) is 94.5 Å². The van der Waals surface area contributed by atoms with Crippen LogP contribution in [-0.2, 0) is 20.5 Å². The average molecular weight is 739 g/mol. The monoisotopic (exact) mass is 737 g/mol. The number of aromatic nitrogens is 4. The normalized spacial score (nSPS) is 14.4. The number of benzene rings is 3. The van der Waals surface area contributed by atoms with E-state index in [2.05, 4.69) is 18.1 Å². The van der Waals surface area contributed by atoms with Crippen LogP contribution in [0.2, 0.25) is 10.0 Å². The van der Waals surface area contributed by atoms with Gasteiger partial charge in [0.15, 0.2) is 6.29 Å². The third-order valence-corrected chi connectivity index (χ3v) is 11.4. The Balaban J connectivity index is 1.41. The van der Waals surface area contributed by atoms with E-state index in [1.807, 2.05) is 63.7 Å². The number of aldehydes is 1. The molecule has 7 rings (SSSR count). The van der Waals surface area contributed by atoms with Crippen molar-refractivity contribution in [1.82, 2.24) is 18.9 Å². The first kappa shape index (κ1) is 35.4. The minimum absolute atomic E-state index is 0.125. The molecule has 0 saturated heterocycles. The molecule has 0 spiro atoms. The molecule has 11 heteroatoms. The van der Waals surface area contributed by atoms with Crippen LogP contribution in [-0.4, -0.2) is 49.4 Å². The molecule has 0 radical (unpaired) electrons. The molecule has 0 unspecified atom stereocenters. The van der Waals surface area contributed by atoms with Crippen molar-refractivity contribution in [2.75, 3.05) is 18.1 Å². The Morgan fingerprint density at radius 2 is 1.75 bits per heavy atom. The second-order valence-electron chi connectivity index (χ2n) is 13.9. The van der Waals surface area contributed by atoms with Crippen LogP contribution >= 0.6 is 23.2 Å². The van der Waals surface area contributed by atoms with Gasteiger partial charge in [-0.25, -0.2) is 0 Å². The number of nitrogens with zero attached hydrogens (tertiary/aromatic N) is 5. The highest BCUT2D eigenvalue weighted by atomic mass is 35.5. The quantitative estimate of drug-likeness (QED) is 0.0906. The molecule has 3 aromatic carbocycles. The lowest BCUT2D eigenvalue weighted by Crippen LogP contribution is -2.43. The molecule has 4 heterocycles. The van der Waals surface area contributed by atoms with Gasteiger partial charge in [-0.15, -0.1) is 0 Å². The van der Waals surface area contributed by atoms with Gasteiger partial charge in [-0.2, -0.15) is 5.10 Å². The number of hydrogen-bond donors (Lipinski definition) is 1. The minimum Gasteiger partial charge on any atom is -0.508 e. The second kappa shape index (κ2) is 13.2. The molecule has 1 aliphatic rings. The van der Waals surface area contributed by atoms with Crippen molar-refractivity contribution >= 4 is 68.6 Å². The zero-order valence-corrected chi connectivity index (χ0v) is 31.9. The molecular weight excluding hydrogens is 697 g/mol. The number of aryl methyl sites for hydroxylation is 6. The molecule has 6 aromatic rings. The molecule has 1 amide bonds. The summed E-state index contributed by atoms with van der Waals surface area (Å²) in [6.45, 7) is 14.6. The first-order chi connectivity index (χ1) is 24.7. The van der Waals surface area contributed by atoms with E-state index in [9.17, 15) is 9.90 Å². The standard InChI is InChI=1S/C41H41Cl2N5O4/c1-21-14-30(15-22(2)37(21)43)52-13-9-10-31-32-11-12-33(42)36(35-24(4)44-46(8)25(35)5)39(32)48-23(3)19-47(41(51)40(31)48)34-18-27(26(6)50)16-28-17-29(20-49)45(7)38(28)34/h11-12,14-18,20,23,50H,6,9-10,13,19H2,1-5,7-8H3/t23-/m1/s1. The van der Waals surface area contributed by atoms with Gasteiger partial charge in [0, 0.05) is 64.9 Å². The van der Waals surface area contributed by atoms with Gasteiger partial charge in [0.05, 0.1) is 39.7 Å². The smallest absolute Gasteiger partial charge is 0.275 e. The van der Waals surface area contributed by atoms with Crippen LogP contribution in [0.1, 0.15) is 74.0 Å². The van der Waals surface area contributed by atoms with Crippen LogP contribution in [0.25, 0.3) is 38.7 Å². The van der Waals surface area contributed by atoms with E-state index in [0.29, 0.717) is 59.2 Å². The Morgan fingerprint density at radius 1 is 1.04 bits per heavy atom. The molecule has 0 saturated carbocycles. The number of hydrogen-bond acceptors (Lipinski definition) is 5. The number of aliphatic hydroxyl groups is 1. The van der Waals surface area contributed by atoms with Crippen molar-refractivity contribution in [3.63, 3.8) is 0 Å². The number of aliphatic hydroxyl groups excluding tert-OH is 1. The van der Waals surface area contributed by atoms with Crippen molar-refractivity contribution < 1.29 is 19.4 Å². The molecule has 1 atom stereocenters. The van der Waals surface area contributed by atoms with E-state index in [0.717, 1.165) is 72.6 Å². The maximum absolute atomic E-state index is 15.1. The zero-order chi connectivity index (χ0) is 37.3. The highest BCUT2D eigenvalue weighted by Crippen LogP contribution is 2.46. The highest BCUT2D eigenvalue weighted by molar-refractivity contribution is 6.35. The third-order valence-electron chi connectivity index (χ3n) is 10.5. The van der Waals surface area contributed by atoms with E-state index in [1.165, 1.54) is 0 Å². The van der Waals surface area contributed by atoms with Gasteiger partial charge in [-0.3, -0.25) is 14.3 Å². The summed E-state index contributed by atoms with van der Waals surface area (Å²) in [6, 6.07) is 12.9. The van der Waals surface area contributed by atoms with E-state index >= 15 is 4.79 Å². The lowest BCUT2D eigenvalue weighted by Gasteiger charge is -2.35. The van der Waals surface area contributed by atoms with Crippen LogP contribution in [0.3, 0.4) is 0 Å². The number of ether oxygens (including phenoxy) is 1. The summed E-state index contributed by atoms with van der Waals surface area (Å²) in [5.41, 5.74) is 10.1. The van der Waals surface area contributed by atoms with Gasteiger partial charge in [0.1, 0.15) is 17.2 Å². The maximum atomic E-state index is 15.1. The molecule has 268 valence electrons. The molecule has 0 bridgehead atoms. The molecule has 0 fully saturated rings. The van der Waals surface area contributed by atoms with E-state index in [1.54, 1.807) is 34.7 Å². The summed E-state index contributed by atoms with van der Waals surface area (Å²) in [5, 5.41) is 18.2. The first-order valence-corrected chi connectivity index (χ1v) is 18.0. The Hall–Kier alpha value is -4.99. The number of fused-ring (bicyclic) bond motifs is 4. The van der Waals surface area contributed by atoms with Gasteiger partial charge < -0.3 is 23.9 Å². The molecule has 52 heavy (non-hydrogen) atoms. The predicted octanol–water partition coefficient (Wildman–Crippen LogP) is 9.65. The van der Waals surface area contributed by atoms with Gasteiger partial charge >= 0.3 is 0 Å². The fraction of sp³-hybridized carbons (Fsp3) is 0.293. The molecule has 0 aliphatic carbocycles. The van der Waals surface area contributed by atoms with E-state index in [4.69, 9.17) is 33.0 Å². The Labute approximate surface area is 312 Å².